The molecule has 0 saturated heterocycles. The number of hydrogen-bond donors (Lipinski definition) is 2. The molecule has 0 aliphatic rings. The first-order valence-corrected chi connectivity index (χ1v) is 7.37. The van der Waals surface area contributed by atoms with Crippen LogP contribution in [0.15, 0.2) is 84.3 Å². The van der Waals surface area contributed by atoms with Gasteiger partial charge in [0.05, 0.1) is 34.8 Å². The Balaban J connectivity index is 0.000000443. The summed E-state index contributed by atoms with van der Waals surface area (Å²) in [5.41, 5.74) is 1.40. The first-order chi connectivity index (χ1) is 11.4. The monoisotopic (exact) mass is 510 g/mol. The van der Waals surface area contributed by atoms with E-state index in [0.29, 0.717) is 11.1 Å². The van der Waals surface area contributed by atoms with Crippen LogP contribution in [0.2, 0.25) is 0 Å². The van der Waals surface area contributed by atoms with Crippen molar-refractivity contribution in [2.75, 3.05) is 0 Å². The summed E-state index contributed by atoms with van der Waals surface area (Å²) in [6.07, 6.45) is 2.63. The summed E-state index contributed by atoms with van der Waals surface area (Å²) in [7, 11) is 0. The molecule has 0 aliphatic carbocycles. The van der Waals surface area contributed by atoms with Crippen LogP contribution >= 0.6 is 0 Å². The number of allylic oxidation sites excluding steroid dienone is 4. The third-order valence-corrected chi connectivity index (χ3v) is 2.83. The van der Waals surface area contributed by atoms with Crippen LogP contribution in [-0.2, 0) is 21.1 Å². The number of aliphatic hydroxyl groups excluding tert-OH is 2. The molecule has 4 nitrogen and oxygen atoms in total. The number of rotatable bonds is 4. The van der Waals surface area contributed by atoms with Crippen LogP contribution < -0.4 is 0 Å². The third-order valence-electron chi connectivity index (χ3n) is 2.83. The minimum atomic E-state index is 0. The molecule has 25 heavy (non-hydrogen) atoms. The normalized spacial score (nSPS) is 10.8. The maximum absolute atomic E-state index is 9.37. The van der Waals surface area contributed by atoms with Crippen molar-refractivity contribution < 1.29 is 40.9 Å². The molecule has 2 aromatic carbocycles. The summed E-state index contributed by atoms with van der Waals surface area (Å²) in [4.78, 5) is 18.7. The second kappa shape index (κ2) is 12.0. The van der Waals surface area contributed by atoms with Crippen LogP contribution in [0.4, 0.5) is 0 Å². The fourth-order valence-electron chi connectivity index (χ4n) is 1.78. The standard InChI is InChI=1S/2C10H10O2.W/c2*1-8(11)7-10(12)9-5-3-2-4-6-9;/h2*2-7,11H,1H3;/p+2/b2*8-7-;. The Morgan fingerprint density at radius 1 is 0.680 bits per heavy atom. The van der Waals surface area contributed by atoms with Gasteiger partial charge in [0.2, 0.25) is 0 Å². The average molecular weight is 510 g/mol. The first-order valence-electron chi connectivity index (χ1n) is 7.37. The molecule has 0 bridgehead atoms. The zero-order chi connectivity index (χ0) is 17.9. The summed E-state index contributed by atoms with van der Waals surface area (Å²) >= 11 is 0. The number of benzene rings is 2. The Morgan fingerprint density at radius 3 is 1.20 bits per heavy atom. The van der Waals surface area contributed by atoms with Gasteiger partial charge in [0.15, 0.2) is 0 Å². The van der Waals surface area contributed by atoms with E-state index in [-0.39, 0.29) is 44.2 Å². The smallest absolute Gasteiger partial charge is 0.350 e. The summed E-state index contributed by atoms with van der Waals surface area (Å²) in [5, 5.41) is 17.7. The summed E-state index contributed by atoms with van der Waals surface area (Å²) in [6.45, 7) is 3.03. The van der Waals surface area contributed by atoms with E-state index in [2.05, 4.69) is 0 Å². The Hall–Kier alpha value is -2.45. The molecule has 4 N–H and O–H groups in total. The van der Waals surface area contributed by atoms with Crippen LogP contribution in [0.3, 0.4) is 0 Å². The van der Waals surface area contributed by atoms with Crippen molar-refractivity contribution in [3.8, 4) is 0 Å². The molecule has 2 rings (SSSR count). The molecule has 0 saturated carbocycles. The van der Waals surface area contributed by atoms with Crippen molar-refractivity contribution >= 4 is 11.6 Å². The van der Waals surface area contributed by atoms with Gasteiger partial charge in [0, 0.05) is 21.1 Å². The van der Waals surface area contributed by atoms with Crippen LogP contribution in [0.5, 0.6) is 0 Å². The zero-order valence-corrected chi connectivity index (χ0v) is 17.1. The van der Waals surface area contributed by atoms with E-state index < -0.39 is 0 Å². The van der Waals surface area contributed by atoms with Gasteiger partial charge in [-0.3, -0.25) is 9.59 Å². The average Bonchev–Trinajstić information content (AvgIpc) is 2.56. The molecule has 5 heteroatoms. The zero-order valence-electron chi connectivity index (χ0n) is 14.1. The second-order valence-electron chi connectivity index (χ2n) is 5.07. The van der Waals surface area contributed by atoms with Gasteiger partial charge >= 0.3 is 11.6 Å². The van der Waals surface area contributed by atoms with Crippen LogP contribution in [0, 0.1) is 0 Å². The second-order valence-corrected chi connectivity index (χ2v) is 5.07. The van der Waals surface area contributed by atoms with Gasteiger partial charge < -0.3 is 10.2 Å². The van der Waals surface area contributed by atoms with E-state index in [1.807, 2.05) is 36.4 Å². The van der Waals surface area contributed by atoms with Crippen molar-refractivity contribution in [2.24, 2.45) is 0 Å². The predicted octanol–water partition coefficient (Wildman–Crippen LogP) is 4.08. The summed E-state index contributed by atoms with van der Waals surface area (Å²) in [5.74, 6) is 0.346. The van der Waals surface area contributed by atoms with Crippen molar-refractivity contribution in [3.63, 3.8) is 0 Å². The van der Waals surface area contributed by atoms with Crippen molar-refractivity contribution in [1.82, 2.24) is 0 Å². The van der Waals surface area contributed by atoms with E-state index in [0.717, 1.165) is 0 Å². The Labute approximate surface area is 161 Å². The minimum Gasteiger partial charge on any atom is -0.512 e. The molecule has 0 spiro atoms. The SMILES string of the molecule is C/C(O)=C/C(=[OH+])c1ccccc1.C/C(O)=C/C(=[OH+])c1ccccc1.[W]. The maximum Gasteiger partial charge on any atom is 0.350 e. The maximum atomic E-state index is 9.37. The summed E-state index contributed by atoms with van der Waals surface area (Å²) in [6, 6.07) is 18.1. The van der Waals surface area contributed by atoms with Gasteiger partial charge in [-0.1, -0.05) is 36.4 Å². The van der Waals surface area contributed by atoms with Crippen molar-refractivity contribution in [1.29, 1.82) is 0 Å². The number of aliphatic hydroxyl groups is 2. The molecule has 0 atom stereocenters. The Morgan fingerprint density at radius 2 is 0.960 bits per heavy atom. The first kappa shape index (κ1) is 22.5. The quantitative estimate of drug-likeness (QED) is 0.281. The molecular weight excluding hydrogens is 488 g/mol. The molecule has 0 unspecified atom stereocenters. The fourth-order valence-corrected chi connectivity index (χ4v) is 1.78. The van der Waals surface area contributed by atoms with Crippen LogP contribution in [-0.4, -0.2) is 31.4 Å². The Kier molecular flexibility index (Phi) is 10.8. The topological polar surface area (TPSA) is 83.3 Å². The van der Waals surface area contributed by atoms with Gasteiger partial charge in [-0.05, 0) is 38.1 Å². The molecular formula is C20H22O4W+2. The molecule has 0 heterocycles. The van der Waals surface area contributed by atoms with Crippen molar-refractivity contribution in [2.45, 2.75) is 13.8 Å². The predicted molar refractivity (Wildman–Crippen MR) is 97.7 cm³/mol. The van der Waals surface area contributed by atoms with Crippen LogP contribution in [0.25, 0.3) is 0 Å². The van der Waals surface area contributed by atoms with E-state index in [9.17, 15) is 9.59 Å². The molecule has 0 fully saturated rings. The Bertz CT molecular complexity index is 661. The molecule has 0 radical (unpaired) electrons. The fraction of sp³-hybridized carbons (Fsp3) is 0.100. The molecule has 0 aromatic heterocycles. The van der Waals surface area contributed by atoms with Crippen LogP contribution in [0.1, 0.15) is 25.0 Å². The largest absolute Gasteiger partial charge is 0.512 e. The minimum absolute atomic E-state index is 0. The van der Waals surface area contributed by atoms with Gasteiger partial charge in [0.25, 0.3) is 0 Å². The third kappa shape index (κ3) is 9.43. The number of ketones is 2. The van der Waals surface area contributed by atoms with Gasteiger partial charge in [-0.15, -0.1) is 0 Å². The van der Waals surface area contributed by atoms with Crippen molar-refractivity contribution in [3.05, 3.63) is 95.5 Å². The molecule has 130 valence electrons. The number of carbonyl (C=O) groups excluding carboxylic acids is 2. The molecule has 2 aromatic rings. The van der Waals surface area contributed by atoms with Gasteiger partial charge in [-0.2, -0.15) is 0 Å². The van der Waals surface area contributed by atoms with Gasteiger partial charge in [0.1, 0.15) is 0 Å². The summed E-state index contributed by atoms with van der Waals surface area (Å²) < 4.78 is 0. The molecule has 0 aliphatic heterocycles. The van der Waals surface area contributed by atoms with E-state index in [1.165, 1.54) is 26.0 Å². The van der Waals surface area contributed by atoms with E-state index >= 15 is 0 Å². The van der Waals surface area contributed by atoms with E-state index in [4.69, 9.17) is 10.2 Å². The van der Waals surface area contributed by atoms with E-state index in [1.54, 1.807) is 24.3 Å². The number of hydrogen-bond acceptors (Lipinski definition) is 2. The van der Waals surface area contributed by atoms with Gasteiger partial charge in [-0.25, -0.2) is 0 Å². The molecule has 0 amide bonds.